The predicted octanol–water partition coefficient (Wildman–Crippen LogP) is 2.74. The van der Waals surface area contributed by atoms with Crippen LogP contribution in [0.3, 0.4) is 0 Å². The van der Waals surface area contributed by atoms with Gasteiger partial charge in [0.2, 0.25) is 0 Å². The lowest BCUT2D eigenvalue weighted by molar-refractivity contribution is 0.251. The van der Waals surface area contributed by atoms with Gasteiger partial charge in [0.1, 0.15) is 12.0 Å². The molecule has 3 heteroatoms. The minimum absolute atomic E-state index is 0.236. The van der Waals surface area contributed by atoms with Gasteiger partial charge in [-0.05, 0) is 30.7 Å². The lowest BCUT2D eigenvalue weighted by Crippen LogP contribution is -2.16. The molecule has 0 aliphatic rings. The van der Waals surface area contributed by atoms with Crippen LogP contribution in [0.1, 0.15) is 24.2 Å². The van der Waals surface area contributed by atoms with E-state index in [1.54, 1.807) is 13.8 Å². The Morgan fingerprint density at radius 2 is 2.07 bits per heavy atom. The number of aryl methyl sites for hydroxylation is 1. The Kier molecular flexibility index (Phi) is 3.58. The quantitative estimate of drug-likeness (QED) is 0.795. The third-order valence-corrected chi connectivity index (χ3v) is 2.37. The number of rotatable bonds is 3. The molecule has 1 nitrogen and oxygen atoms in total. The molecule has 0 saturated heterocycles. The first-order valence-electron chi connectivity index (χ1n) is 4.66. The highest BCUT2D eigenvalue weighted by Gasteiger charge is 2.17. The van der Waals surface area contributed by atoms with Gasteiger partial charge in [-0.25, -0.2) is 8.78 Å². The molecular formula is C11H15F2N. The third-order valence-electron chi connectivity index (χ3n) is 2.37. The molecule has 0 bridgehead atoms. The van der Waals surface area contributed by atoms with Crippen LogP contribution in [0.25, 0.3) is 0 Å². The van der Waals surface area contributed by atoms with Crippen molar-refractivity contribution in [2.24, 2.45) is 11.7 Å². The average molecular weight is 199 g/mol. The molecule has 2 unspecified atom stereocenters. The Morgan fingerprint density at radius 3 is 2.57 bits per heavy atom. The molecule has 0 radical (unpaired) electrons. The molecule has 1 aromatic rings. The number of halogens is 2. The Labute approximate surface area is 82.9 Å². The summed E-state index contributed by atoms with van der Waals surface area (Å²) in [5, 5.41) is 0. The van der Waals surface area contributed by atoms with Gasteiger partial charge in [0.15, 0.2) is 0 Å². The fourth-order valence-corrected chi connectivity index (χ4v) is 1.29. The second-order valence-corrected chi connectivity index (χ2v) is 3.62. The molecule has 0 heterocycles. The normalized spacial score (nSPS) is 15.2. The number of nitrogens with two attached hydrogens (primary N) is 1. The maximum absolute atomic E-state index is 13.6. The van der Waals surface area contributed by atoms with Crippen molar-refractivity contribution in [3.05, 3.63) is 35.1 Å². The van der Waals surface area contributed by atoms with Gasteiger partial charge in [-0.1, -0.05) is 19.1 Å². The summed E-state index contributed by atoms with van der Waals surface area (Å²) in [5.74, 6) is -0.541. The number of hydrogen-bond acceptors (Lipinski definition) is 1. The van der Waals surface area contributed by atoms with E-state index in [2.05, 4.69) is 0 Å². The van der Waals surface area contributed by atoms with Crippen LogP contribution in [0.2, 0.25) is 0 Å². The number of alkyl halides is 1. The Balaban J connectivity index is 2.91. The van der Waals surface area contributed by atoms with Crippen LogP contribution in [0, 0.1) is 18.7 Å². The molecule has 0 aromatic heterocycles. The first-order chi connectivity index (χ1) is 6.56. The van der Waals surface area contributed by atoms with Gasteiger partial charge in [0, 0.05) is 5.92 Å². The second kappa shape index (κ2) is 4.51. The standard InChI is InChI=1S/C11H15F2N/c1-7-5-9(3-4-10(7)12)11(13)8(2)6-14/h3-5,8,11H,6,14H2,1-2H3. The summed E-state index contributed by atoms with van der Waals surface area (Å²) in [6.07, 6.45) is -1.11. The van der Waals surface area contributed by atoms with Crippen molar-refractivity contribution in [3.8, 4) is 0 Å². The number of benzene rings is 1. The summed E-state index contributed by atoms with van der Waals surface area (Å²) in [4.78, 5) is 0. The molecule has 2 N–H and O–H groups in total. The minimum atomic E-state index is -1.11. The van der Waals surface area contributed by atoms with Gasteiger partial charge in [0.25, 0.3) is 0 Å². The fourth-order valence-electron chi connectivity index (χ4n) is 1.29. The SMILES string of the molecule is Cc1cc(C(F)C(C)CN)ccc1F. The first-order valence-corrected chi connectivity index (χ1v) is 4.66. The van der Waals surface area contributed by atoms with E-state index in [1.807, 2.05) is 0 Å². The van der Waals surface area contributed by atoms with Crippen molar-refractivity contribution < 1.29 is 8.78 Å². The van der Waals surface area contributed by atoms with E-state index >= 15 is 0 Å². The molecule has 0 fully saturated rings. The molecule has 78 valence electrons. The molecule has 0 aliphatic carbocycles. The Bertz CT molecular complexity index is 312. The van der Waals surface area contributed by atoms with E-state index in [1.165, 1.54) is 18.2 Å². The van der Waals surface area contributed by atoms with Crippen LogP contribution < -0.4 is 5.73 Å². The second-order valence-electron chi connectivity index (χ2n) is 3.62. The molecule has 2 atom stereocenters. The van der Waals surface area contributed by atoms with Gasteiger partial charge in [-0.3, -0.25) is 0 Å². The highest BCUT2D eigenvalue weighted by Crippen LogP contribution is 2.26. The third kappa shape index (κ3) is 2.29. The van der Waals surface area contributed by atoms with Gasteiger partial charge < -0.3 is 5.73 Å². The summed E-state index contributed by atoms with van der Waals surface area (Å²) < 4.78 is 26.5. The Hall–Kier alpha value is -0.960. The zero-order chi connectivity index (χ0) is 10.7. The summed E-state index contributed by atoms with van der Waals surface area (Å²) in [6, 6.07) is 4.30. The summed E-state index contributed by atoms with van der Waals surface area (Å²) >= 11 is 0. The molecule has 0 spiro atoms. The van der Waals surface area contributed by atoms with Crippen LogP contribution in [-0.4, -0.2) is 6.54 Å². The molecule has 0 saturated carbocycles. The van der Waals surface area contributed by atoms with Crippen molar-refractivity contribution in [3.63, 3.8) is 0 Å². The fraction of sp³-hybridized carbons (Fsp3) is 0.455. The van der Waals surface area contributed by atoms with Gasteiger partial charge in [0.05, 0.1) is 0 Å². The maximum atomic E-state index is 13.6. The van der Waals surface area contributed by atoms with Crippen LogP contribution in [0.4, 0.5) is 8.78 Å². The smallest absolute Gasteiger partial charge is 0.129 e. The lowest BCUT2D eigenvalue weighted by atomic mass is 9.97. The van der Waals surface area contributed by atoms with Crippen LogP contribution in [0.15, 0.2) is 18.2 Å². The van der Waals surface area contributed by atoms with E-state index in [-0.39, 0.29) is 18.3 Å². The van der Waals surface area contributed by atoms with Crippen molar-refractivity contribution >= 4 is 0 Å². The topological polar surface area (TPSA) is 26.0 Å². The van der Waals surface area contributed by atoms with Crippen LogP contribution >= 0.6 is 0 Å². The lowest BCUT2D eigenvalue weighted by Gasteiger charge is -2.15. The zero-order valence-electron chi connectivity index (χ0n) is 8.43. The summed E-state index contributed by atoms with van der Waals surface area (Å²) in [5.41, 5.74) is 6.33. The first kappa shape index (κ1) is 11.1. The molecule has 0 aliphatic heterocycles. The van der Waals surface area contributed by atoms with E-state index in [0.29, 0.717) is 11.1 Å². The molecule has 1 rings (SSSR count). The van der Waals surface area contributed by atoms with Crippen LogP contribution in [-0.2, 0) is 0 Å². The van der Waals surface area contributed by atoms with E-state index < -0.39 is 6.17 Å². The molecular weight excluding hydrogens is 184 g/mol. The maximum Gasteiger partial charge on any atom is 0.129 e. The highest BCUT2D eigenvalue weighted by atomic mass is 19.1. The molecule has 14 heavy (non-hydrogen) atoms. The van der Waals surface area contributed by atoms with E-state index in [0.717, 1.165) is 0 Å². The van der Waals surface area contributed by atoms with Crippen molar-refractivity contribution in [2.75, 3.05) is 6.54 Å². The van der Waals surface area contributed by atoms with Gasteiger partial charge in [-0.2, -0.15) is 0 Å². The van der Waals surface area contributed by atoms with Gasteiger partial charge in [-0.15, -0.1) is 0 Å². The number of hydrogen-bond donors (Lipinski definition) is 1. The predicted molar refractivity (Wildman–Crippen MR) is 53.2 cm³/mol. The van der Waals surface area contributed by atoms with Crippen molar-refractivity contribution in [1.29, 1.82) is 0 Å². The van der Waals surface area contributed by atoms with Crippen molar-refractivity contribution in [1.82, 2.24) is 0 Å². The van der Waals surface area contributed by atoms with E-state index in [9.17, 15) is 8.78 Å². The van der Waals surface area contributed by atoms with Crippen molar-refractivity contribution in [2.45, 2.75) is 20.0 Å². The highest BCUT2D eigenvalue weighted by molar-refractivity contribution is 5.26. The van der Waals surface area contributed by atoms with Gasteiger partial charge >= 0.3 is 0 Å². The van der Waals surface area contributed by atoms with Crippen LogP contribution in [0.5, 0.6) is 0 Å². The zero-order valence-corrected chi connectivity index (χ0v) is 8.43. The Morgan fingerprint density at radius 1 is 1.43 bits per heavy atom. The minimum Gasteiger partial charge on any atom is -0.330 e. The molecule has 0 amide bonds. The largest absolute Gasteiger partial charge is 0.330 e. The monoisotopic (exact) mass is 199 g/mol. The summed E-state index contributed by atoms with van der Waals surface area (Å²) in [7, 11) is 0. The molecule has 1 aromatic carbocycles. The van der Waals surface area contributed by atoms with E-state index in [4.69, 9.17) is 5.73 Å². The average Bonchev–Trinajstić information content (AvgIpc) is 2.20. The summed E-state index contributed by atoms with van der Waals surface area (Å²) in [6.45, 7) is 3.65.